The largest absolute Gasteiger partial charge is 0.369 e. The number of fused-ring (bicyclic) bond motifs is 1. The molecule has 2 aromatic rings. The van der Waals surface area contributed by atoms with Gasteiger partial charge in [-0.3, -0.25) is 0 Å². The lowest BCUT2D eigenvalue weighted by atomic mass is 10.3. The summed E-state index contributed by atoms with van der Waals surface area (Å²) in [5.74, 6) is 1.59. The van der Waals surface area contributed by atoms with Gasteiger partial charge >= 0.3 is 0 Å². The summed E-state index contributed by atoms with van der Waals surface area (Å²) in [7, 11) is 0. The van der Waals surface area contributed by atoms with Gasteiger partial charge in [-0.1, -0.05) is 6.92 Å². The zero-order valence-corrected chi connectivity index (χ0v) is 11.0. The molecule has 90 valence electrons. The molecule has 0 spiro atoms. The first kappa shape index (κ1) is 11.0. The zero-order valence-electron chi connectivity index (χ0n) is 9.45. The third-order valence-corrected chi connectivity index (χ3v) is 4.12. The van der Waals surface area contributed by atoms with Gasteiger partial charge in [0.15, 0.2) is 0 Å². The molecule has 0 aliphatic heterocycles. The molecule has 1 heterocycles. The Morgan fingerprint density at radius 2 is 2.29 bits per heavy atom. The quantitative estimate of drug-likeness (QED) is 0.925. The minimum Gasteiger partial charge on any atom is -0.369 e. The van der Waals surface area contributed by atoms with Crippen LogP contribution in [0.4, 0.5) is 10.3 Å². The summed E-state index contributed by atoms with van der Waals surface area (Å²) >= 11 is 3.16. The topological polar surface area (TPSA) is 43.8 Å². The molecule has 1 saturated carbocycles. The first-order valence-electron chi connectivity index (χ1n) is 5.67. The number of halogens is 2. The Balaban J connectivity index is 2.09. The predicted molar refractivity (Wildman–Crippen MR) is 69.1 cm³/mol. The average Bonchev–Trinajstić information content (AvgIpc) is 2.88. The van der Waals surface area contributed by atoms with E-state index in [0.717, 1.165) is 23.5 Å². The molecular weight excluding hydrogens is 285 g/mol. The Labute approximate surface area is 107 Å². The van der Waals surface area contributed by atoms with Crippen molar-refractivity contribution < 1.29 is 4.39 Å². The van der Waals surface area contributed by atoms with Crippen molar-refractivity contribution in [2.24, 2.45) is 11.8 Å². The van der Waals surface area contributed by atoms with Crippen molar-refractivity contribution in [3.8, 4) is 0 Å². The maximum absolute atomic E-state index is 13.5. The van der Waals surface area contributed by atoms with Gasteiger partial charge in [-0.2, -0.15) is 0 Å². The Morgan fingerprint density at radius 3 is 2.94 bits per heavy atom. The van der Waals surface area contributed by atoms with Gasteiger partial charge in [0.2, 0.25) is 5.95 Å². The second-order valence-electron chi connectivity index (χ2n) is 4.81. The van der Waals surface area contributed by atoms with Crippen molar-refractivity contribution in [2.75, 3.05) is 5.73 Å². The number of nitrogens with zero attached hydrogens (tertiary/aromatic N) is 2. The van der Waals surface area contributed by atoms with Gasteiger partial charge in [-0.15, -0.1) is 0 Å². The molecular formula is C12H13BrFN3. The average molecular weight is 298 g/mol. The minimum atomic E-state index is -0.275. The van der Waals surface area contributed by atoms with Crippen molar-refractivity contribution in [1.29, 1.82) is 0 Å². The highest BCUT2D eigenvalue weighted by Crippen LogP contribution is 2.40. The minimum absolute atomic E-state index is 0.275. The third-order valence-electron chi connectivity index (χ3n) is 3.51. The van der Waals surface area contributed by atoms with Crippen LogP contribution in [0.15, 0.2) is 16.6 Å². The summed E-state index contributed by atoms with van der Waals surface area (Å²) in [5, 5.41) is 0. The number of rotatable bonds is 2. The summed E-state index contributed by atoms with van der Waals surface area (Å²) in [6, 6.07) is 3.17. The molecule has 0 radical (unpaired) electrons. The number of aromatic nitrogens is 2. The Bertz CT molecular complexity index is 593. The molecule has 3 nitrogen and oxygen atoms in total. The Kier molecular flexibility index (Phi) is 2.40. The summed E-state index contributed by atoms with van der Waals surface area (Å²) < 4.78 is 15.9. The van der Waals surface area contributed by atoms with Crippen LogP contribution in [-0.4, -0.2) is 9.55 Å². The van der Waals surface area contributed by atoms with Crippen molar-refractivity contribution in [1.82, 2.24) is 9.55 Å². The number of benzene rings is 1. The van der Waals surface area contributed by atoms with Crippen LogP contribution >= 0.6 is 15.9 Å². The van der Waals surface area contributed by atoms with Gasteiger partial charge < -0.3 is 10.3 Å². The normalized spacial score (nSPS) is 23.2. The summed E-state index contributed by atoms with van der Waals surface area (Å²) in [6.45, 7) is 3.06. The third kappa shape index (κ3) is 1.82. The van der Waals surface area contributed by atoms with E-state index in [9.17, 15) is 4.39 Å². The Morgan fingerprint density at radius 1 is 1.59 bits per heavy atom. The van der Waals surface area contributed by atoms with Gasteiger partial charge in [0.05, 0.1) is 15.5 Å². The van der Waals surface area contributed by atoms with Crippen LogP contribution in [0.2, 0.25) is 0 Å². The highest BCUT2D eigenvalue weighted by atomic mass is 79.9. The van der Waals surface area contributed by atoms with Crippen molar-refractivity contribution >= 4 is 32.9 Å². The van der Waals surface area contributed by atoms with Gasteiger partial charge in [0.1, 0.15) is 5.82 Å². The van der Waals surface area contributed by atoms with E-state index in [4.69, 9.17) is 5.73 Å². The van der Waals surface area contributed by atoms with Crippen molar-refractivity contribution in [3.05, 3.63) is 22.4 Å². The van der Waals surface area contributed by atoms with E-state index in [-0.39, 0.29) is 5.82 Å². The van der Waals surface area contributed by atoms with Crippen LogP contribution in [0, 0.1) is 17.7 Å². The number of hydrogen-bond acceptors (Lipinski definition) is 2. The van der Waals surface area contributed by atoms with Gasteiger partial charge in [-0.05, 0) is 40.3 Å². The van der Waals surface area contributed by atoms with Gasteiger partial charge in [-0.25, -0.2) is 9.37 Å². The fourth-order valence-electron chi connectivity index (χ4n) is 2.22. The highest BCUT2D eigenvalue weighted by molar-refractivity contribution is 9.10. The van der Waals surface area contributed by atoms with Crippen LogP contribution in [0.5, 0.6) is 0 Å². The first-order valence-corrected chi connectivity index (χ1v) is 6.46. The molecule has 1 aliphatic carbocycles. The van der Waals surface area contributed by atoms with Crippen molar-refractivity contribution in [3.63, 3.8) is 0 Å². The summed E-state index contributed by atoms with van der Waals surface area (Å²) in [5.41, 5.74) is 7.41. The lowest BCUT2D eigenvalue weighted by Gasteiger charge is -2.05. The molecule has 0 amide bonds. The lowest BCUT2D eigenvalue weighted by Crippen LogP contribution is -2.05. The Hall–Kier alpha value is -1.10. The SMILES string of the molecule is CC1CC1Cn1c(N)nc2cc(Br)c(F)cc21. The van der Waals surface area contributed by atoms with E-state index in [0.29, 0.717) is 16.3 Å². The van der Waals surface area contributed by atoms with Crippen LogP contribution in [-0.2, 0) is 6.54 Å². The second kappa shape index (κ2) is 3.70. The summed E-state index contributed by atoms with van der Waals surface area (Å²) in [6.07, 6.45) is 1.22. The fourth-order valence-corrected chi connectivity index (χ4v) is 2.55. The van der Waals surface area contributed by atoms with E-state index in [1.807, 2.05) is 4.57 Å². The molecule has 3 rings (SSSR count). The summed E-state index contributed by atoms with van der Waals surface area (Å²) in [4.78, 5) is 4.26. The van der Waals surface area contributed by atoms with Crippen LogP contribution in [0.1, 0.15) is 13.3 Å². The maximum Gasteiger partial charge on any atom is 0.201 e. The fraction of sp³-hybridized carbons (Fsp3) is 0.417. The molecule has 2 unspecified atom stereocenters. The lowest BCUT2D eigenvalue weighted by molar-refractivity contribution is 0.605. The van der Waals surface area contributed by atoms with Gasteiger partial charge in [0, 0.05) is 12.6 Å². The molecule has 1 fully saturated rings. The molecule has 1 aromatic heterocycles. The zero-order chi connectivity index (χ0) is 12.2. The van der Waals surface area contributed by atoms with E-state index in [1.54, 1.807) is 6.07 Å². The molecule has 0 bridgehead atoms. The van der Waals surface area contributed by atoms with Crippen molar-refractivity contribution in [2.45, 2.75) is 19.9 Å². The number of imidazole rings is 1. The van der Waals surface area contributed by atoms with E-state index >= 15 is 0 Å². The van der Waals surface area contributed by atoms with Crippen LogP contribution in [0.3, 0.4) is 0 Å². The predicted octanol–water partition coefficient (Wildman–Crippen LogP) is 3.18. The molecule has 0 saturated heterocycles. The number of anilines is 1. The van der Waals surface area contributed by atoms with E-state index < -0.39 is 0 Å². The smallest absolute Gasteiger partial charge is 0.201 e. The number of hydrogen-bond donors (Lipinski definition) is 1. The molecule has 2 atom stereocenters. The van der Waals surface area contributed by atoms with Crippen LogP contribution < -0.4 is 5.73 Å². The van der Waals surface area contributed by atoms with Gasteiger partial charge in [0.25, 0.3) is 0 Å². The number of nitrogen functional groups attached to an aromatic ring is 1. The molecule has 17 heavy (non-hydrogen) atoms. The molecule has 1 aliphatic rings. The molecule has 1 aromatic carbocycles. The second-order valence-corrected chi connectivity index (χ2v) is 5.66. The van der Waals surface area contributed by atoms with E-state index in [1.165, 1.54) is 12.5 Å². The molecule has 2 N–H and O–H groups in total. The first-order chi connectivity index (χ1) is 8.06. The monoisotopic (exact) mass is 297 g/mol. The molecule has 5 heteroatoms. The highest BCUT2D eigenvalue weighted by Gasteiger charge is 2.33. The van der Waals surface area contributed by atoms with Crippen LogP contribution in [0.25, 0.3) is 11.0 Å². The number of nitrogens with two attached hydrogens (primary N) is 1. The standard InChI is InChI=1S/C12H13BrFN3/c1-6-2-7(6)5-17-11-4-9(14)8(13)3-10(11)16-12(17)15/h3-4,6-7H,2,5H2,1H3,(H2,15,16). The van der Waals surface area contributed by atoms with E-state index in [2.05, 4.69) is 27.8 Å². The maximum atomic E-state index is 13.5.